The van der Waals surface area contributed by atoms with Crippen molar-refractivity contribution < 1.29 is 14.7 Å². The fraction of sp³-hybridized carbons (Fsp3) is 0.833. The number of nitrogens with zero attached hydrogens (tertiary/aromatic N) is 1. The smallest absolute Gasteiger partial charge is 0.329 e. The third kappa shape index (κ3) is 3.43. The summed E-state index contributed by atoms with van der Waals surface area (Å²) >= 11 is 0. The van der Waals surface area contributed by atoms with Crippen LogP contribution < -0.4 is 5.32 Å². The van der Waals surface area contributed by atoms with Crippen LogP contribution in [0.3, 0.4) is 0 Å². The fourth-order valence-electron chi connectivity index (χ4n) is 1.91. The van der Waals surface area contributed by atoms with Gasteiger partial charge in [0.2, 0.25) is 5.91 Å². The van der Waals surface area contributed by atoms with Crippen LogP contribution in [0.2, 0.25) is 0 Å². The highest BCUT2D eigenvalue weighted by Crippen LogP contribution is 2.18. The molecule has 0 aliphatic carbocycles. The van der Waals surface area contributed by atoms with Gasteiger partial charge in [-0.05, 0) is 45.7 Å². The monoisotopic (exact) mass is 242 g/mol. The zero-order valence-corrected chi connectivity index (χ0v) is 10.8. The Balaban J connectivity index is 2.43. The van der Waals surface area contributed by atoms with Crippen LogP contribution in [0, 0.1) is 5.92 Å². The zero-order valence-electron chi connectivity index (χ0n) is 10.8. The Bertz CT molecular complexity index is 296. The van der Waals surface area contributed by atoms with Gasteiger partial charge in [-0.2, -0.15) is 0 Å². The van der Waals surface area contributed by atoms with Crippen molar-refractivity contribution in [1.29, 1.82) is 0 Å². The van der Waals surface area contributed by atoms with Gasteiger partial charge in [-0.1, -0.05) is 0 Å². The van der Waals surface area contributed by atoms with E-state index in [9.17, 15) is 9.59 Å². The molecule has 0 aromatic heterocycles. The van der Waals surface area contributed by atoms with Crippen molar-refractivity contribution in [3.05, 3.63) is 0 Å². The molecular formula is C12H22N2O3. The molecule has 1 unspecified atom stereocenters. The Morgan fingerprint density at radius 3 is 2.59 bits per heavy atom. The molecule has 0 aromatic carbocycles. The number of hydrogen-bond acceptors (Lipinski definition) is 3. The van der Waals surface area contributed by atoms with Crippen molar-refractivity contribution in [2.45, 2.75) is 38.6 Å². The molecule has 5 heteroatoms. The Kier molecular flexibility index (Phi) is 4.51. The van der Waals surface area contributed by atoms with E-state index in [0.717, 1.165) is 25.9 Å². The lowest BCUT2D eigenvalue weighted by atomic mass is 9.99. The van der Waals surface area contributed by atoms with E-state index in [-0.39, 0.29) is 5.91 Å². The molecular weight excluding hydrogens is 220 g/mol. The molecule has 0 spiro atoms. The molecule has 1 aliphatic heterocycles. The molecule has 1 amide bonds. The van der Waals surface area contributed by atoms with Crippen molar-refractivity contribution in [1.82, 2.24) is 10.2 Å². The maximum absolute atomic E-state index is 11.9. The number of carboxylic acid groups (broad SMARTS) is 1. The first-order valence-electron chi connectivity index (χ1n) is 6.06. The van der Waals surface area contributed by atoms with Gasteiger partial charge in [0.25, 0.3) is 0 Å². The summed E-state index contributed by atoms with van der Waals surface area (Å²) < 4.78 is 0. The molecule has 98 valence electrons. The van der Waals surface area contributed by atoms with Gasteiger partial charge in [0.1, 0.15) is 5.54 Å². The molecule has 0 aromatic rings. The molecule has 2 N–H and O–H groups in total. The summed E-state index contributed by atoms with van der Waals surface area (Å²) in [4.78, 5) is 24.2. The molecule has 5 nitrogen and oxygen atoms in total. The van der Waals surface area contributed by atoms with Crippen LogP contribution in [0.25, 0.3) is 0 Å². The predicted octanol–water partition coefficient (Wildman–Crippen LogP) is 0.698. The Hall–Kier alpha value is -1.10. The summed E-state index contributed by atoms with van der Waals surface area (Å²) in [5.41, 5.74) is -1.13. The van der Waals surface area contributed by atoms with Crippen LogP contribution >= 0.6 is 0 Å². The van der Waals surface area contributed by atoms with E-state index in [4.69, 9.17) is 5.11 Å². The van der Waals surface area contributed by atoms with Gasteiger partial charge in [0.15, 0.2) is 0 Å². The summed E-state index contributed by atoms with van der Waals surface area (Å²) in [6.07, 6.45) is 2.38. The molecule has 0 saturated carbocycles. The van der Waals surface area contributed by atoms with E-state index in [1.807, 2.05) is 0 Å². The normalized spacial score (nSPS) is 20.3. The molecule has 1 rings (SSSR count). The largest absolute Gasteiger partial charge is 0.480 e. The third-order valence-corrected chi connectivity index (χ3v) is 3.66. The highest BCUT2D eigenvalue weighted by molar-refractivity contribution is 5.86. The fourth-order valence-corrected chi connectivity index (χ4v) is 1.91. The first-order valence-corrected chi connectivity index (χ1v) is 6.06. The second kappa shape index (κ2) is 5.49. The maximum Gasteiger partial charge on any atom is 0.329 e. The minimum Gasteiger partial charge on any atom is -0.480 e. The molecule has 17 heavy (non-hydrogen) atoms. The lowest BCUT2D eigenvalue weighted by Crippen LogP contribution is -2.50. The van der Waals surface area contributed by atoms with Crippen LogP contribution in [0.1, 0.15) is 33.1 Å². The minimum atomic E-state index is -1.13. The molecule has 0 radical (unpaired) electrons. The van der Waals surface area contributed by atoms with E-state index in [1.165, 1.54) is 4.90 Å². The molecule has 0 bridgehead atoms. The highest BCUT2D eigenvalue weighted by atomic mass is 16.4. The number of aliphatic carboxylic acids is 1. The van der Waals surface area contributed by atoms with Crippen molar-refractivity contribution >= 4 is 11.9 Å². The SMILES string of the molecule is CN(C(=O)CCC1CCNC1)C(C)(C)C(=O)O. The van der Waals surface area contributed by atoms with Gasteiger partial charge in [0, 0.05) is 13.5 Å². The number of hydrogen-bond donors (Lipinski definition) is 2. The number of nitrogens with one attached hydrogen (secondary N) is 1. The quantitative estimate of drug-likeness (QED) is 0.744. The summed E-state index contributed by atoms with van der Waals surface area (Å²) in [7, 11) is 1.56. The molecule has 1 fully saturated rings. The number of carbonyl (C=O) groups is 2. The van der Waals surface area contributed by atoms with Crippen molar-refractivity contribution in [2.24, 2.45) is 5.92 Å². The van der Waals surface area contributed by atoms with Gasteiger partial charge in [-0.25, -0.2) is 4.79 Å². The van der Waals surface area contributed by atoms with Gasteiger partial charge < -0.3 is 15.3 Å². The van der Waals surface area contributed by atoms with Gasteiger partial charge in [-0.15, -0.1) is 0 Å². The van der Waals surface area contributed by atoms with E-state index in [2.05, 4.69) is 5.32 Å². The molecule has 1 heterocycles. The topological polar surface area (TPSA) is 69.6 Å². The van der Waals surface area contributed by atoms with Gasteiger partial charge in [-0.3, -0.25) is 4.79 Å². The number of carboxylic acids is 1. The second-order valence-electron chi connectivity index (χ2n) is 5.21. The van der Waals surface area contributed by atoms with Gasteiger partial charge in [0.05, 0.1) is 0 Å². The number of amides is 1. The van der Waals surface area contributed by atoms with Crippen molar-refractivity contribution in [3.63, 3.8) is 0 Å². The summed E-state index contributed by atoms with van der Waals surface area (Å²) in [5, 5.41) is 12.3. The molecule has 1 aliphatic rings. The standard InChI is InChI=1S/C12H22N2O3/c1-12(2,11(16)17)14(3)10(15)5-4-9-6-7-13-8-9/h9,13H,4-8H2,1-3H3,(H,16,17). The van der Waals surface area contributed by atoms with E-state index < -0.39 is 11.5 Å². The van der Waals surface area contributed by atoms with Crippen molar-refractivity contribution in [3.8, 4) is 0 Å². The minimum absolute atomic E-state index is 0.0932. The third-order valence-electron chi connectivity index (χ3n) is 3.66. The van der Waals surface area contributed by atoms with E-state index in [1.54, 1.807) is 20.9 Å². The predicted molar refractivity (Wildman–Crippen MR) is 64.7 cm³/mol. The first-order chi connectivity index (χ1) is 7.85. The Morgan fingerprint density at radius 1 is 1.47 bits per heavy atom. The lowest BCUT2D eigenvalue weighted by molar-refractivity contribution is -0.155. The highest BCUT2D eigenvalue weighted by Gasteiger charge is 2.35. The molecule has 1 saturated heterocycles. The summed E-state index contributed by atoms with van der Waals surface area (Å²) in [5.74, 6) is -0.513. The number of likely N-dealkylation sites (N-methyl/N-ethyl adjacent to an activating group) is 1. The van der Waals surface area contributed by atoms with Crippen LogP contribution in [-0.2, 0) is 9.59 Å². The zero-order chi connectivity index (χ0) is 13.1. The first kappa shape index (κ1) is 14.0. The average molecular weight is 242 g/mol. The average Bonchev–Trinajstić information content (AvgIpc) is 2.77. The van der Waals surface area contributed by atoms with E-state index in [0.29, 0.717) is 12.3 Å². The van der Waals surface area contributed by atoms with Gasteiger partial charge >= 0.3 is 5.97 Å². The van der Waals surface area contributed by atoms with Crippen molar-refractivity contribution in [2.75, 3.05) is 20.1 Å². The van der Waals surface area contributed by atoms with Crippen LogP contribution in [0.4, 0.5) is 0 Å². The second-order valence-corrected chi connectivity index (χ2v) is 5.21. The van der Waals surface area contributed by atoms with Crippen LogP contribution in [0.15, 0.2) is 0 Å². The summed E-state index contributed by atoms with van der Waals surface area (Å²) in [6.45, 7) is 5.09. The summed E-state index contributed by atoms with van der Waals surface area (Å²) in [6, 6.07) is 0. The number of rotatable bonds is 5. The lowest BCUT2D eigenvalue weighted by Gasteiger charge is -2.31. The molecule has 1 atom stereocenters. The van der Waals surface area contributed by atoms with Crippen LogP contribution in [0.5, 0.6) is 0 Å². The Labute approximate surface area is 102 Å². The maximum atomic E-state index is 11.9. The Morgan fingerprint density at radius 2 is 2.12 bits per heavy atom. The van der Waals surface area contributed by atoms with Crippen LogP contribution in [-0.4, -0.2) is 47.6 Å². The number of carbonyl (C=O) groups excluding carboxylic acids is 1. The van der Waals surface area contributed by atoms with E-state index >= 15 is 0 Å².